The number of carboxylic acid groups (broad SMARTS) is 1. The van der Waals surface area contributed by atoms with Gasteiger partial charge in [0.05, 0.1) is 12.0 Å². The molecular formula is C18H23NO3. The summed E-state index contributed by atoms with van der Waals surface area (Å²) in [5, 5.41) is 8.91. The Morgan fingerprint density at radius 2 is 1.73 bits per heavy atom. The van der Waals surface area contributed by atoms with Crippen molar-refractivity contribution in [2.75, 3.05) is 6.54 Å². The van der Waals surface area contributed by atoms with E-state index in [1.807, 2.05) is 0 Å². The van der Waals surface area contributed by atoms with Crippen LogP contribution in [0.1, 0.15) is 54.4 Å². The van der Waals surface area contributed by atoms with E-state index in [2.05, 4.69) is 4.90 Å². The third-order valence-corrected chi connectivity index (χ3v) is 5.12. The summed E-state index contributed by atoms with van der Waals surface area (Å²) >= 11 is 0. The molecule has 22 heavy (non-hydrogen) atoms. The normalized spacial score (nSPS) is 22.2. The minimum Gasteiger partial charge on any atom is -0.478 e. The fourth-order valence-electron chi connectivity index (χ4n) is 3.98. The molecule has 4 nitrogen and oxygen atoms in total. The lowest BCUT2D eigenvalue weighted by Gasteiger charge is -2.29. The van der Waals surface area contributed by atoms with Crippen molar-refractivity contribution in [2.45, 2.75) is 51.0 Å². The summed E-state index contributed by atoms with van der Waals surface area (Å²) in [5.74, 6) is -0.0444. The number of aromatic carboxylic acids is 1. The van der Waals surface area contributed by atoms with Gasteiger partial charge < -0.3 is 10.0 Å². The quantitative estimate of drug-likeness (QED) is 0.929. The van der Waals surface area contributed by atoms with Crippen molar-refractivity contribution in [1.82, 2.24) is 4.90 Å². The van der Waals surface area contributed by atoms with Crippen LogP contribution in [0.3, 0.4) is 0 Å². The Bertz CT molecular complexity index is 546. The third kappa shape index (κ3) is 3.16. The standard InChI is InChI=1S/C18H23NO3/c20-17(12-13-7-9-15(10-8-13)18(21)22)19-11-3-6-16(19)14-4-1-2-5-14/h7-10,14,16H,1-6,11-12H2,(H,21,22). The summed E-state index contributed by atoms with van der Waals surface area (Å²) in [6, 6.07) is 7.09. The van der Waals surface area contributed by atoms with Crippen LogP contribution in [-0.2, 0) is 11.2 Å². The molecule has 2 fully saturated rings. The molecule has 1 aromatic rings. The molecule has 1 saturated carbocycles. The molecule has 1 heterocycles. The Morgan fingerprint density at radius 1 is 1.05 bits per heavy atom. The largest absolute Gasteiger partial charge is 0.478 e. The van der Waals surface area contributed by atoms with E-state index in [4.69, 9.17) is 5.11 Å². The molecule has 0 aromatic heterocycles. The van der Waals surface area contributed by atoms with Crippen molar-refractivity contribution >= 4 is 11.9 Å². The van der Waals surface area contributed by atoms with Gasteiger partial charge in [-0.1, -0.05) is 25.0 Å². The lowest BCUT2D eigenvalue weighted by molar-refractivity contribution is -0.132. The Morgan fingerprint density at radius 3 is 2.36 bits per heavy atom. The molecular weight excluding hydrogens is 278 g/mol. The van der Waals surface area contributed by atoms with Gasteiger partial charge in [-0.25, -0.2) is 4.79 Å². The predicted octanol–water partition coefficient (Wildman–Crippen LogP) is 3.11. The van der Waals surface area contributed by atoms with Gasteiger partial charge in [0.25, 0.3) is 0 Å². The average molecular weight is 301 g/mol. The van der Waals surface area contributed by atoms with Crippen molar-refractivity contribution in [3.8, 4) is 0 Å². The number of nitrogens with zero attached hydrogens (tertiary/aromatic N) is 1. The lowest BCUT2D eigenvalue weighted by atomic mass is 9.95. The minimum atomic E-state index is -0.932. The highest BCUT2D eigenvalue weighted by Gasteiger charge is 2.35. The molecule has 0 radical (unpaired) electrons. The summed E-state index contributed by atoms with van der Waals surface area (Å²) in [5.41, 5.74) is 1.16. The number of hydrogen-bond donors (Lipinski definition) is 1. The zero-order valence-electron chi connectivity index (χ0n) is 12.8. The fraction of sp³-hybridized carbons (Fsp3) is 0.556. The van der Waals surface area contributed by atoms with E-state index >= 15 is 0 Å². The molecule has 0 bridgehead atoms. The Labute approximate surface area is 131 Å². The van der Waals surface area contributed by atoms with Crippen LogP contribution in [0.25, 0.3) is 0 Å². The van der Waals surface area contributed by atoms with E-state index in [0.29, 0.717) is 18.4 Å². The fourth-order valence-corrected chi connectivity index (χ4v) is 3.98. The number of amides is 1. The molecule has 1 aromatic carbocycles. The number of rotatable bonds is 4. The summed E-state index contributed by atoms with van der Waals surface area (Å²) in [4.78, 5) is 25.6. The molecule has 3 rings (SSSR count). The highest BCUT2D eigenvalue weighted by molar-refractivity contribution is 5.87. The molecule has 1 unspecified atom stereocenters. The Hall–Kier alpha value is -1.84. The molecule has 1 aliphatic heterocycles. The first-order chi connectivity index (χ1) is 10.6. The maximum Gasteiger partial charge on any atom is 0.335 e. The number of carbonyl (C=O) groups is 2. The molecule has 1 atom stereocenters. The van der Waals surface area contributed by atoms with E-state index in [0.717, 1.165) is 24.9 Å². The monoisotopic (exact) mass is 301 g/mol. The number of hydrogen-bond acceptors (Lipinski definition) is 2. The first-order valence-electron chi connectivity index (χ1n) is 8.27. The Kier molecular flexibility index (Phi) is 4.46. The van der Waals surface area contributed by atoms with Gasteiger partial charge >= 0.3 is 5.97 Å². The van der Waals surface area contributed by atoms with Crippen LogP contribution >= 0.6 is 0 Å². The van der Waals surface area contributed by atoms with Crippen LogP contribution in [0.5, 0.6) is 0 Å². The lowest BCUT2D eigenvalue weighted by Crippen LogP contribution is -2.40. The molecule has 0 spiro atoms. The molecule has 1 amide bonds. The van der Waals surface area contributed by atoms with E-state index in [1.165, 1.54) is 25.7 Å². The number of carboxylic acids is 1. The summed E-state index contributed by atoms with van der Waals surface area (Å²) in [7, 11) is 0. The van der Waals surface area contributed by atoms with Crippen molar-refractivity contribution in [1.29, 1.82) is 0 Å². The maximum absolute atomic E-state index is 12.6. The molecule has 1 aliphatic carbocycles. The number of benzene rings is 1. The van der Waals surface area contributed by atoms with Crippen LogP contribution in [0, 0.1) is 5.92 Å². The third-order valence-electron chi connectivity index (χ3n) is 5.12. The summed E-state index contributed by atoms with van der Waals surface area (Å²) in [6.07, 6.45) is 7.78. The van der Waals surface area contributed by atoms with Crippen molar-refractivity contribution in [2.24, 2.45) is 5.92 Å². The smallest absolute Gasteiger partial charge is 0.335 e. The first-order valence-corrected chi connectivity index (χ1v) is 8.27. The second kappa shape index (κ2) is 6.51. The van der Waals surface area contributed by atoms with Gasteiger partial charge in [0.15, 0.2) is 0 Å². The first kappa shape index (κ1) is 15.1. The van der Waals surface area contributed by atoms with Gasteiger partial charge in [0.2, 0.25) is 5.91 Å². The van der Waals surface area contributed by atoms with Crippen LogP contribution < -0.4 is 0 Å². The second-order valence-electron chi connectivity index (χ2n) is 6.52. The van der Waals surface area contributed by atoms with E-state index in [9.17, 15) is 9.59 Å². The van der Waals surface area contributed by atoms with Crippen LogP contribution in [0.4, 0.5) is 0 Å². The van der Waals surface area contributed by atoms with Gasteiger partial charge in [-0.2, -0.15) is 0 Å². The average Bonchev–Trinajstić information content (AvgIpc) is 3.18. The molecule has 2 aliphatic rings. The van der Waals surface area contributed by atoms with E-state index < -0.39 is 5.97 Å². The number of carbonyl (C=O) groups excluding carboxylic acids is 1. The van der Waals surface area contributed by atoms with Crippen LogP contribution in [-0.4, -0.2) is 34.5 Å². The minimum absolute atomic E-state index is 0.192. The van der Waals surface area contributed by atoms with Crippen molar-refractivity contribution in [3.05, 3.63) is 35.4 Å². The second-order valence-corrected chi connectivity index (χ2v) is 6.52. The summed E-state index contributed by atoms with van der Waals surface area (Å²) < 4.78 is 0. The molecule has 118 valence electrons. The molecule has 1 saturated heterocycles. The van der Waals surface area contributed by atoms with Gasteiger partial charge in [-0.3, -0.25) is 4.79 Å². The highest BCUT2D eigenvalue weighted by atomic mass is 16.4. The highest BCUT2D eigenvalue weighted by Crippen LogP contribution is 2.35. The zero-order chi connectivity index (χ0) is 15.5. The van der Waals surface area contributed by atoms with E-state index in [-0.39, 0.29) is 11.5 Å². The van der Waals surface area contributed by atoms with Gasteiger partial charge in [-0.05, 0) is 49.3 Å². The summed E-state index contributed by atoms with van der Waals surface area (Å²) in [6.45, 7) is 0.882. The van der Waals surface area contributed by atoms with Gasteiger partial charge in [-0.15, -0.1) is 0 Å². The SMILES string of the molecule is O=C(O)c1ccc(CC(=O)N2CCCC2C2CCCC2)cc1. The van der Waals surface area contributed by atoms with Gasteiger partial charge in [0.1, 0.15) is 0 Å². The predicted molar refractivity (Wildman–Crippen MR) is 83.8 cm³/mol. The molecule has 1 N–H and O–H groups in total. The zero-order valence-corrected chi connectivity index (χ0v) is 12.8. The van der Waals surface area contributed by atoms with Crippen LogP contribution in [0.2, 0.25) is 0 Å². The van der Waals surface area contributed by atoms with Gasteiger partial charge in [0, 0.05) is 12.6 Å². The van der Waals surface area contributed by atoms with Crippen molar-refractivity contribution < 1.29 is 14.7 Å². The van der Waals surface area contributed by atoms with E-state index in [1.54, 1.807) is 24.3 Å². The van der Waals surface area contributed by atoms with Crippen LogP contribution in [0.15, 0.2) is 24.3 Å². The topological polar surface area (TPSA) is 57.6 Å². The molecule has 4 heteroatoms. The maximum atomic E-state index is 12.6. The number of likely N-dealkylation sites (tertiary alicyclic amines) is 1. The van der Waals surface area contributed by atoms with Crippen molar-refractivity contribution in [3.63, 3.8) is 0 Å². The Balaban J connectivity index is 1.64.